The Balaban J connectivity index is 1.77. The van der Waals surface area contributed by atoms with Crippen LogP contribution in [0.1, 0.15) is 31.2 Å². The summed E-state index contributed by atoms with van der Waals surface area (Å²) >= 11 is 0. The molecule has 0 radical (unpaired) electrons. The number of rotatable bonds is 2. The Kier molecular flexibility index (Phi) is 2.86. The van der Waals surface area contributed by atoms with Gasteiger partial charge in [-0.3, -0.25) is 4.79 Å². The van der Waals surface area contributed by atoms with Crippen LogP contribution in [0.15, 0.2) is 30.3 Å². The van der Waals surface area contributed by atoms with Gasteiger partial charge in [0.25, 0.3) is 0 Å². The first-order valence-corrected chi connectivity index (χ1v) is 6.75. The predicted molar refractivity (Wildman–Crippen MR) is 69.2 cm³/mol. The van der Waals surface area contributed by atoms with Crippen LogP contribution in [0, 0.1) is 0 Å². The number of carbonyl (C=O) groups is 1. The SMILES string of the molecule is O=C(N1CCC(O)CC1)C1(c2ccccc2)CC1. The molecule has 0 aromatic heterocycles. The molecule has 1 saturated carbocycles. The van der Waals surface area contributed by atoms with Gasteiger partial charge in [0, 0.05) is 13.1 Å². The first-order valence-electron chi connectivity index (χ1n) is 6.75. The molecule has 96 valence electrons. The highest BCUT2D eigenvalue weighted by Gasteiger charge is 2.53. The molecule has 3 nitrogen and oxygen atoms in total. The molecule has 2 aliphatic rings. The van der Waals surface area contributed by atoms with Crippen LogP contribution in [0.3, 0.4) is 0 Å². The normalized spacial score (nSPS) is 22.8. The summed E-state index contributed by atoms with van der Waals surface area (Å²) in [4.78, 5) is 14.6. The molecule has 0 bridgehead atoms. The van der Waals surface area contributed by atoms with Crippen molar-refractivity contribution >= 4 is 5.91 Å². The van der Waals surface area contributed by atoms with Crippen LogP contribution in [0.5, 0.6) is 0 Å². The van der Waals surface area contributed by atoms with Crippen molar-refractivity contribution in [2.24, 2.45) is 0 Å². The molecule has 1 aromatic rings. The topological polar surface area (TPSA) is 40.5 Å². The molecule has 3 rings (SSSR count). The summed E-state index contributed by atoms with van der Waals surface area (Å²) in [6.45, 7) is 1.41. The molecule has 1 aliphatic heterocycles. The molecule has 3 heteroatoms. The van der Waals surface area contributed by atoms with Gasteiger partial charge in [-0.25, -0.2) is 0 Å². The fourth-order valence-electron chi connectivity index (χ4n) is 2.88. The van der Waals surface area contributed by atoms with Crippen LogP contribution in [0.25, 0.3) is 0 Å². The van der Waals surface area contributed by atoms with E-state index < -0.39 is 0 Å². The summed E-state index contributed by atoms with van der Waals surface area (Å²) in [6, 6.07) is 10.1. The first-order chi connectivity index (χ1) is 8.72. The quantitative estimate of drug-likeness (QED) is 0.861. The maximum absolute atomic E-state index is 12.6. The molecule has 0 unspecified atom stereocenters. The highest BCUT2D eigenvalue weighted by atomic mass is 16.3. The number of likely N-dealkylation sites (tertiary alicyclic amines) is 1. The van der Waals surface area contributed by atoms with Crippen molar-refractivity contribution in [1.82, 2.24) is 4.90 Å². The molecule has 18 heavy (non-hydrogen) atoms. The number of nitrogens with zero attached hydrogens (tertiary/aromatic N) is 1. The van der Waals surface area contributed by atoms with Crippen molar-refractivity contribution in [3.05, 3.63) is 35.9 Å². The molecule has 2 fully saturated rings. The van der Waals surface area contributed by atoms with E-state index in [1.807, 2.05) is 23.1 Å². The molecule has 1 heterocycles. The Hall–Kier alpha value is -1.35. The van der Waals surface area contributed by atoms with E-state index in [2.05, 4.69) is 12.1 Å². The third-order valence-electron chi connectivity index (χ3n) is 4.24. The third-order valence-corrected chi connectivity index (χ3v) is 4.24. The van der Waals surface area contributed by atoms with Gasteiger partial charge in [0.2, 0.25) is 5.91 Å². The van der Waals surface area contributed by atoms with E-state index >= 15 is 0 Å². The van der Waals surface area contributed by atoms with Gasteiger partial charge in [-0.2, -0.15) is 0 Å². The number of hydrogen-bond donors (Lipinski definition) is 1. The average Bonchev–Trinajstić information content (AvgIpc) is 3.21. The molecular weight excluding hydrogens is 226 g/mol. The second-order valence-corrected chi connectivity index (χ2v) is 5.47. The summed E-state index contributed by atoms with van der Waals surface area (Å²) in [5.41, 5.74) is 0.907. The average molecular weight is 245 g/mol. The lowest BCUT2D eigenvalue weighted by Crippen LogP contribution is -2.45. The Morgan fingerprint density at radius 1 is 1.17 bits per heavy atom. The summed E-state index contributed by atoms with van der Waals surface area (Å²) in [7, 11) is 0. The van der Waals surface area contributed by atoms with E-state index in [4.69, 9.17) is 0 Å². The van der Waals surface area contributed by atoms with Crippen molar-refractivity contribution in [2.75, 3.05) is 13.1 Å². The second-order valence-electron chi connectivity index (χ2n) is 5.47. The molecule has 1 aliphatic carbocycles. The monoisotopic (exact) mass is 245 g/mol. The summed E-state index contributed by atoms with van der Waals surface area (Å²) in [6.07, 6.45) is 3.15. The van der Waals surface area contributed by atoms with Crippen LogP contribution >= 0.6 is 0 Å². The van der Waals surface area contributed by atoms with E-state index in [0.29, 0.717) is 13.1 Å². The van der Waals surface area contributed by atoms with Crippen LogP contribution in [0.2, 0.25) is 0 Å². The van der Waals surface area contributed by atoms with Gasteiger partial charge >= 0.3 is 0 Å². The maximum atomic E-state index is 12.6. The smallest absolute Gasteiger partial charge is 0.233 e. The molecular formula is C15H19NO2. The van der Waals surface area contributed by atoms with Gasteiger partial charge in [0.1, 0.15) is 0 Å². The minimum Gasteiger partial charge on any atom is -0.393 e. The molecule has 0 atom stereocenters. The van der Waals surface area contributed by atoms with Crippen LogP contribution in [0.4, 0.5) is 0 Å². The van der Waals surface area contributed by atoms with E-state index in [1.165, 1.54) is 0 Å². The summed E-state index contributed by atoms with van der Waals surface area (Å²) in [5.74, 6) is 0.264. The lowest BCUT2D eigenvalue weighted by Gasteiger charge is -2.32. The lowest BCUT2D eigenvalue weighted by molar-refractivity contribution is -0.136. The Morgan fingerprint density at radius 2 is 1.78 bits per heavy atom. The lowest BCUT2D eigenvalue weighted by atomic mass is 9.93. The zero-order valence-corrected chi connectivity index (χ0v) is 10.5. The van der Waals surface area contributed by atoms with Crippen molar-refractivity contribution in [2.45, 2.75) is 37.2 Å². The van der Waals surface area contributed by atoms with Crippen molar-refractivity contribution in [3.63, 3.8) is 0 Å². The van der Waals surface area contributed by atoms with E-state index in [-0.39, 0.29) is 17.4 Å². The minimum atomic E-state index is -0.246. The predicted octanol–water partition coefficient (Wildman–Crippen LogP) is 1.70. The van der Waals surface area contributed by atoms with Crippen LogP contribution in [-0.4, -0.2) is 35.1 Å². The Morgan fingerprint density at radius 3 is 2.33 bits per heavy atom. The molecule has 0 spiro atoms. The number of carbonyl (C=O) groups excluding carboxylic acids is 1. The largest absolute Gasteiger partial charge is 0.393 e. The summed E-state index contributed by atoms with van der Waals surface area (Å²) < 4.78 is 0. The van der Waals surface area contributed by atoms with E-state index in [1.54, 1.807) is 0 Å². The van der Waals surface area contributed by atoms with Gasteiger partial charge in [-0.1, -0.05) is 30.3 Å². The van der Waals surface area contributed by atoms with Gasteiger partial charge in [0.15, 0.2) is 0 Å². The van der Waals surface area contributed by atoms with Crippen molar-refractivity contribution in [1.29, 1.82) is 0 Å². The zero-order chi connectivity index (χ0) is 12.6. The highest BCUT2D eigenvalue weighted by molar-refractivity contribution is 5.91. The number of aliphatic hydroxyl groups excluding tert-OH is 1. The standard InChI is InChI=1S/C15H19NO2/c17-13-6-10-16(11-7-13)14(18)15(8-9-15)12-4-2-1-3-5-12/h1-5,13,17H,6-11H2. The van der Waals surface area contributed by atoms with Crippen molar-refractivity contribution < 1.29 is 9.90 Å². The van der Waals surface area contributed by atoms with Crippen LogP contribution < -0.4 is 0 Å². The van der Waals surface area contributed by atoms with E-state index in [0.717, 1.165) is 31.2 Å². The highest BCUT2D eigenvalue weighted by Crippen LogP contribution is 2.49. The molecule has 1 aromatic carbocycles. The van der Waals surface area contributed by atoms with Gasteiger partial charge < -0.3 is 10.0 Å². The van der Waals surface area contributed by atoms with Gasteiger partial charge in [0.05, 0.1) is 11.5 Å². The van der Waals surface area contributed by atoms with E-state index in [9.17, 15) is 9.90 Å². The van der Waals surface area contributed by atoms with Gasteiger partial charge in [-0.05, 0) is 31.2 Å². The second kappa shape index (κ2) is 4.39. The molecule has 1 saturated heterocycles. The zero-order valence-electron chi connectivity index (χ0n) is 10.5. The van der Waals surface area contributed by atoms with Crippen LogP contribution in [-0.2, 0) is 10.2 Å². The number of hydrogen-bond acceptors (Lipinski definition) is 2. The molecule has 1 N–H and O–H groups in total. The number of benzene rings is 1. The Bertz CT molecular complexity index is 431. The fraction of sp³-hybridized carbons (Fsp3) is 0.533. The van der Waals surface area contributed by atoms with Crippen molar-refractivity contribution in [3.8, 4) is 0 Å². The Labute approximate surface area is 107 Å². The first kappa shape index (κ1) is 11.7. The maximum Gasteiger partial charge on any atom is 0.233 e. The third kappa shape index (κ3) is 1.93. The summed E-state index contributed by atoms with van der Waals surface area (Å²) in [5, 5.41) is 9.51. The number of aliphatic hydroxyl groups is 1. The number of piperidine rings is 1. The minimum absolute atomic E-state index is 0.221. The van der Waals surface area contributed by atoms with Gasteiger partial charge in [-0.15, -0.1) is 0 Å². The number of amides is 1. The fourth-order valence-corrected chi connectivity index (χ4v) is 2.88. The molecule has 1 amide bonds.